The highest BCUT2D eigenvalue weighted by Gasteiger charge is 2.38. The van der Waals surface area contributed by atoms with Crippen molar-refractivity contribution >= 4 is 45.7 Å². The maximum absolute atomic E-state index is 12.9. The van der Waals surface area contributed by atoms with E-state index in [1.165, 1.54) is 24.2 Å². The van der Waals surface area contributed by atoms with Crippen LogP contribution in [0.25, 0.3) is 5.65 Å². The van der Waals surface area contributed by atoms with Crippen molar-refractivity contribution in [1.29, 1.82) is 0 Å². The van der Waals surface area contributed by atoms with Crippen molar-refractivity contribution in [1.82, 2.24) is 29.5 Å². The van der Waals surface area contributed by atoms with Gasteiger partial charge in [-0.3, -0.25) is 14.3 Å². The van der Waals surface area contributed by atoms with E-state index in [0.717, 1.165) is 5.69 Å². The highest BCUT2D eigenvalue weighted by atomic mass is 32.1. The van der Waals surface area contributed by atoms with Crippen molar-refractivity contribution in [2.45, 2.75) is 37.3 Å². The Morgan fingerprint density at radius 3 is 3.03 bits per heavy atom. The van der Waals surface area contributed by atoms with Gasteiger partial charge in [-0.2, -0.15) is 15.1 Å². The molecular weight excluding hydrogens is 430 g/mol. The third-order valence-corrected chi connectivity index (χ3v) is 6.42. The van der Waals surface area contributed by atoms with E-state index in [4.69, 9.17) is 4.98 Å². The minimum Gasteiger partial charge on any atom is -0.391 e. The van der Waals surface area contributed by atoms with Crippen LogP contribution in [-0.2, 0) is 4.79 Å². The molecule has 0 unspecified atom stereocenters. The molecule has 1 saturated carbocycles. The van der Waals surface area contributed by atoms with Crippen LogP contribution in [0, 0.1) is 0 Å². The van der Waals surface area contributed by atoms with Crippen molar-refractivity contribution in [3.63, 3.8) is 0 Å². The molecule has 6 rings (SSSR count). The van der Waals surface area contributed by atoms with Gasteiger partial charge in [-0.1, -0.05) is 0 Å². The predicted octanol–water partition coefficient (Wildman–Crippen LogP) is 2.11. The molecule has 164 valence electrons. The number of hydrogen-bond acceptors (Lipinski definition) is 9. The summed E-state index contributed by atoms with van der Waals surface area (Å²) in [5.41, 5.74) is 1.79. The molecular formula is C20H21N9O2S. The SMILES string of the molecule is O=C(Nc1nccs1)[C@@H]1C[C@@H](O)CN1c1nc(Nc2cc(C3CC3)[nH]n2)n2cccc2n1. The van der Waals surface area contributed by atoms with Crippen molar-refractivity contribution in [2.24, 2.45) is 0 Å². The smallest absolute Gasteiger partial charge is 0.249 e. The highest BCUT2D eigenvalue weighted by molar-refractivity contribution is 7.13. The summed E-state index contributed by atoms with van der Waals surface area (Å²) in [5, 5.41) is 26.1. The van der Waals surface area contributed by atoms with Gasteiger partial charge in [-0.15, -0.1) is 11.3 Å². The number of nitrogens with zero attached hydrogens (tertiary/aromatic N) is 6. The molecule has 0 aromatic carbocycles. The second kappa shape index (κ2) is 7.57. The molecule has 2 fully saturated rings. The molecule has 4 aromatic heterocycles. The molecule has 4 aromatic rings. The fourth-order valence-electron chi connectivity index (χ4n) is 4.01. The lowest BCUT2D eigenvalue weighted by molar-refractivity contribution is -0.117. The maximum atomic E-state index is 12.9. The van der Waals surface area contributed by atoms with Gasteiger partial charge in [0.2, 0.25) is 17.8 Å². The second-order valence-corrected chi connectivity index (χ2v) is 8.97. The number of β-amino-alcohol motifs (C(OH)–C–C–N with tert-alkyl or cyclic N) is 1. The van der Waals surface area contributed by atoms with Gasteiger partial charge in [0.25, 0.3) is 0 Å². The van der Waals surface area contributed by atoms with Gasteiger partial charge in [-0.25, -0.2) is 4.98 Å². The van der Waals surface area contributed by atoms with Crippen LogP contribution < -0.4 is 15.5 Å². The number of aliphatic hydroxyl groups excluding tert-OH is 1. The average Bonchev–Trinajstić information content (AvgIpc) is 3.21. The molecule has 1 aliphatic heterocycles. The zero-order valence-electron chi connectivity index (χ0n) is 17.0. The monoisotopic (exact) mass is 451 g/mol. The summed E-state index contributed by atoms with van der Waals surface area (Å²) in [4.78, 5) is 28.1. The van der Waals surface area contributed by atoms with E-state index < -0.39 is 12.1 Å². The third kappa shape index (κ3) is 3.56. The van der Waals surface area contributed by atoms with Crippen LogP contribution in [0.15, 0.2) is 36.0 Å². The molecule has 2 atom stereocenters. The number of H-pyrrole nitrogens is 1. The van der Waals surface area contributed by atoms with E-state index >= 15 is 0 Å². The lowest BCUT2D eigenvalue weighted by Crippen LogP contribution is -2.40. The molecule has 0 bridgehead atoms. The summed E-state index contributed by atoms with van der Waals surface area (Å²) in [6, 6.07) is 5.14. The molecule has 11 nitrogen and oxygen atoms in total. The number of rotatable bonds is 6. The number of amides is 1. The molecule has 1 aliphatic carbocycles. The average molecular weight is 452 g/mol. The Kier molecular flexibility index (Phi) is 4.54. The van der Waals surface area contributed by atoms with Crippen molar-refractivity contribution in [2.75, 3.05) is 22.1 Å². The van der Waals surface area contributed by atoms with Crippen LogP contribution in [0.4, 0.5) is 22.8 Å². The van der Waals surface area contributed by atoms with E-state index in [1.807, 2.05) is 28.8 Å². The zero-order chi connectivity index (χ0) is 21.7. The van der Waals surface area contributed by atoms with Gasteiger partial charge in [0.1, 0.15) is 11.7 Å². The summed E-state index contributed by atoms with van der Waals surface area (Å²) >= 11 is 1.34. The molecule has 5 heterocycles. The number of aromatic amines is 1. The van der Waals surface area contributed by atoms with Crippen molar-refractivity contribution in [3.05, 3.63) is 41.7 Å². The molecule has 0 radical (unpaired) electrons. The van der Waals surface area contributed by atoms with Gasteiger partial charge in [0, 0.05) is 48.4 Å². The Labute approximate surface area is 186 Å². The number of carbonyl (C=O) groups is 1. The standard InChI is InChI=1S/C20H21N9O2S/c30-12-8-14(17(31)24-20-21-5-7-32-20)29(10-12)19-23-16-2-1-6-28(16)18(25-19)22-15-9-13(26-27-15)11-3-4-11/h1-2,5-7,9,11-12,14,30H,3-4,8,10H2,(H,21,24,31)(H2,22,23,25,26,27)/t12-,14+/m1/s1. The Morgan fingerprint density at radius 1 is 1.31 bits per heavy atom. The molecule has 12 heteroatoms. The van der Waals surface area contributed by atoms with E-state index in [0.29, 0.717) is 40.8 Å². The first kappa shape index (κ1) is 19.2. The number of nitrogens with one attached hydrogen (secondary N) is 3. The quantitative estimate of drug-likeness (QED) is 0.350. The minimum absolute atomic E-state index is 0.244. The van der Waals surface area contributed by atoms with Crippen molar-refractivity contribution < 1.29 is 9.90 Å². The first-order valence-corrected chi connectivity index (χ1v) is 11.3. The number of aliphatic hydroxyl groups is 1. The van der Waals surface area contributed by atoms with Crippen LogP contribution in [0.2, 0.25) is 0 Å². The second-order valence-electron chi connectivity index (χ2n) is 8.08. The summed E-state index contributed by atoms with van der Waals surface area (Å²) in [7, 11) is 0. The number of hydrogen-bond donors (Lipinski definition) is 4. The molecule has 0 spiro atoms. The van der Waals surface area contributed by atoms with Crippen molar-refractivity contribution in [3.8, 4) is 0 Å². The Morgan fingerprint density at radius 2 is 2.22 bits per heavy atom. The fourth-order valence-corrected chi connectivity index (χ4v) is 4.54. The lowest BCUT2D eigenvalue weighted by atomic mass is 10.2. The van der Waals surface area contributed by atoms with Gasteiger partial charge in [0.05, 0.1) is 6.10 Å². The van der Waals surface area contributed by atoms with E-state index in [-0.39, 0.29) is 12.5 Å². The lowest BCUT2D eigenvalue weighted by Gasteiger charge is -2.23. The minimum atomic E-state index is -0.655. The van der Waals surface area contributed by atoms with Crippen LogP contribution in [0.1, 0.15) is 30.9 Å². The molecule has 1 amide bonds. The summed E-state index contributed by atoms with van der Waals surface area (Å²) in [5.74, 6) is 1.89. The van der Waals surface area contributed by atoms with Gasteiger partial charge in [-0.05, 0) is 25.0 Å². The Bertz CT molecular complexity index is 1260. The molecule has 32 heavy (non-hydrogen) atoms. The van der Waals surface area contributed by atoms with Gasteiger partial charge in [0.15, 0.2) is 10.9 Å². The number of anilines is 4. The van der Waals surface area contributed by atoms with Gasteiger partial charge >= 0.3 is 0 Å². The van der Waals surface area contributed by atoms with Gasteiger partial charge < -0.3 is 20.6 Å². The van der Waals surface area contributed by atoms with E-state index in [9.17, 15) is 9.90 Å². The summed E-state index contributed by atoms with van der Waals surface area (Å²) < 4.78 is 1.83. The van der Waals surface area contributed by atoms with E-state index in [2.05, 4.69) is 30.8 Å². The van der Waals surface area contributed by atoms with Crippen LogP contribution in [0.3, 0.4) is 0 Å². The highest BCUT2D eigenvalue weighted by Crippen LogP contribution is 2.39. The molecule has 1 saturated heterocycles. The number of carbonyl (C=O) groups excluding carboxylic acids is 1. The summed E-state index contributed by atoms with van der Waals surface area (Å²) in [6.07, 6.45) is 5.50. The maximum Gasteiger partial charge on any atom is 0.249 e. The number of fused-ring (bicyclic) bond motifs is 1. The topological polar surface area (TPSA) is 136 Å². The first-order chi connectivity index (χ1) is 15.6. The fraction of sp³-hybridized carbons (Fsp3) is 0.350. The Balaban J connectivity index is 1.31. The third-order valence-electron chi connectivity index (χ3n) is 5.73. The zero-order valence-corrected chi connectivity index (χ0v) is 17.8. The van der Waals surface area contributed by atoms with Crippen LogP contribution in [-0.4, -0.2) is 59.3 Å². The van der Waals surface area contributed by atoms with Crippen LogP contribution in [0.5, 0.6) is 0 Å². The Hall–Kier alpha value is -3.51. The van der Waals surface area contributed by atoms with E-state index in [1.54, 1.807) is 16.5 Å². The first-order valence-electron chi connectivity index (χ1n) is 10.5. The number of aromatic nitrogens is 6. The number of thiazole rings is 1. The summed E-state index contributed by atoms with van der Waals surface area (Å²) in [6.45, 7) is 0.264. The predicted molar refractivity (Wildman–Crippen MR) is 119 cm³/mol. The largest absolute Gasteiger partial charge is 0.391 e. The molecule has 2 aliphatic rings. The normalized spacial score (nSPS) is 20.7. The van der Waals surface area contributed by atoms with Crippen LogP contribution >= 0.6 is 11.3 Å². The molecule has 4 N–H and O–H groups in total.